The standard InChI is InChI=1S/C17H19BrN2O2/c1-19(17(21)14-10-16(18)22-12-14)11-13-6-2-3-7-15(13)20-8-4-5-9-20/h2-3,6-7,10,12H,4-5,8-9,11H2,1H3. The Kier molecular flexibility index (Phi) is 4.52. The lowest BCUT2D eigenvalue weighted by Gasteiger charge is -2.24. The molecule has 2 aromatic rings. The van der Waals surface area contributed by atoms with E-state index in [0.717, 1.165) is 13.1 Å². The summed E-state index contributed by atoms with van der Waals surface area (Å²) < 4.78 is 5.72. The fourth-order valence-corrected chi connectivity index (χ4v) is 3.22. The maximum atomic E-state index is 12.4. The third-order valence-electron chi connectivity index (χ3n) is 4.01. The quantitative estimate of drug-likeness (QED) is 0.826. The minimum atomic E-state index is -0.0364. The summed E-state index contributed by atoms with van der Waals surface area (Å²) in [6, 6.07) is 10.0. The predicted molar refractivity (Wildman–Crippen MR) is 90.1 cm³/mol. The van der Waals surface area contributed by atoms with E-state index >= 15 is 0 Å². The Hall–Kier alpha value is -1.75. The molecule has 0 spiro atoms. The number of carbonyl (C=O) groups excluding carboxylic acids is 1. The third-order valence-corrected chi connectivity index (χ3v) is 4.42. The lowest BCUT2D eigenvalue weighted by atomic mass is 10.1. The molecular formula is C17H19BrN2O2. The van der Waals surface area contributed by atoms with E-state index in [-0.39, 0.29) is 5.91 Å². The molecule has 3 rings (SSSR count). The monoisotopic (exact) mass is 362 g/mol. The van der Waals surface area contributed by atoms with Gasteiger partial charge in [-0.25, -0.2) is 0 Å². The summed E-state index contributed by atoms with van der Waals surface area (Å²) in [4.78, 5) is 16.6. The molecule has 1 fully saturated rings. The van der Waals surface area contributed by atoms with Crippen molar-refractivity contribution in [2.24, 2.45) is 0 Å². The predicted octanol–water partition coefficient (Wildman–Crippen LogP) is 3.91. The second kappa shape index (κ2) is 6.57. The topological polar surface area (TPSA) is 36.7 Å². The van der Waals surface area contributed by atoms with Crippen LogP contribution >= 0.6 is 15.9 Å². The van der Waals surface area contributed by atoms with E-state index in [2.05, 4.69) is 39.0 Å². The van der Waals surface area contributed by atoms with Crippen LogP contribution in [-0.4, -0.2) is 30.9 Å². The molecule has 1 amide bonds. The van der Waals surface area contributed by atoms with E-state index in [1.54, 1.807) is 11.0 Å². The van der Waals surface area contributed by atoms with Gasteiger partial charge in [0, 0.05) is 38.4 Å². The summed E-state index contributed by atoms with van der Waals surface area (Å²) >= 11 is 3.23. The van der Waals surface area contributed by atoms with Crippen LogP contribution in [-0.2, 0) is 6.54 Å². The largest absolute Gasteiger partial charge is 0.457 e. The normalized spacial score (nSPS) is 14.4. The van der Waals surface area contributed by atoms with Crippen molar-refractivity contribution in [1.29, 1.82) is 0 Å². The highest BCUT2D eigenvalue weighted by molar-refractivity contribution is 9.10. The molecule has 1 aromatic carbocycles. The summed E-state index contributed by atoms with van der Waals surface area (Å²) in [6.45, 7) is 2.79. The van der Waals surface area contributed by atoms with Crippen molar-refractivity contribution in [2.75, 3.05) is 25.0 Å². The zero-order chi connectivity index (χ0) is 15.5. The summed E-state index contributed by atoms with van der Waals surface area (Å²) in [5.41, 5.74) is 2.99. The zero-order valence-corrected chi connectivity index (χ0v) is 14.2. The number of furan rings is 1. The summed E-state index contributed by atoms with van der Waals surface area (Å²) in [7, 11) is 1.82. The van der Waals surface area contributed by atoms with Crippen molar-refractivity contribution in [2.45, 2.75) is 19.4 Å². The summed E-state index contributed by atoms with van der Waals surface area (Å²) in [5.74, 6) is -0.0364. The molecule has 5 heteroatoms. The molecule has 1 saturated heterocycles. The van der Waals surface area contributed by atoms with E-state index < -0.39 is 0 Å². The van der Waals surface area contributed by atoms with Crippen molar-refractivity contribution < 1.29 is 9.21 Å². The number of nitrogens with zero attached hydrogens (tertiary/aromatic N) is 2. The van der Waals surface area contributed by atoms with E-state index in [0.29, 0.717) is 16.8 Å². The minimum absolute atomic E-state index is 0.0364. The third kappa shape index (κ3) is 3.19. The Labute approximate surface area is 138 Å². The number of amides is 1. The molecule has 0 saturated carbocycles. The van der Waals surface area contributed by atoms with Crippen LogP contribution < -0.4 is 4.90 Å². The molecule has 0 radical (unpaired) electrons. The molecule has 4 nitrogen and oxygen atoms in total. The Morgan fingerprint density at radius 2 is 2.05 bits per heavy atom. The van der Waals surface area contributed by atoms with Gasteiger partial charge < -0.3 is 14.2 Å². The number of hydrogen-bond donors (Lipinski definition) is 0. The average molecular weight is 363 g/mol. The number of hydrogen-bond acceptors (Lipinski definition) is 3. The van der Waals surface area contributed by atoms with Crippen molar-refractivity contribution in [3.8, 4) is 0 Å². The molecular weight excluding hydrogens is 344 g/mol. The number of anilines is 1. The first-order valence-corrected chi connectivity index (χ1v) is 8.27. The Bertz CT molecular complexity index is 662. The molecule has 22 heavy (non-hydrogen) atoms. The van der Waals surface area contributed by atoms with Crippen LogP contribution in [0.2, 0.25) is 0 Å². The molecule has 0 atom stereocenters. The minimum Gasteiger partial charge on any atom is -0.457 e. The second-order valence-electron chi connectivity index (χ2n) is 5.62. The fourth-order valence-electron chi connectivity index (χ4n) is 2.88. The van der Waals surface area contributed by atoms with Crippen LogP contribution in [0.3, 0.4) is 0 Å². The molecule has 1 aliphatic heterocycles. The highest BCUT2D eigenvalue weighted by atomic mass is 79.9. The van der Waals surface area contributed by atoms with Crippen molar-refractivity contribution >= 4 is 27.5 Å². The van der Waals surface area contributed by atoms with Gasteiger partial charge in [0.25, 0.3) is 5.91 Å². The first-order valence-electron chi connectivity index (χ1n) is 7.47. The van der Waals surface area contributed by atoms with Crippen LogP contribution in [0.1, 0.15) is 28.8 Å². The van der Waals surface area contributed by atoms with Crippen LogP contribution in [0.25, 0.3) is 0 Å². The van der Waals surface area contributed by atoms with E-state index in [1.165, 1.54) is 30.4 Å². The molecule has 0 unspecified atom stereocenters. The van der Waals surface area contributed by atoms with Gasteiger partial charge in [0.05, 0.1) is 5.56 Å². The number of para-hydroxylation sites is 1. The van der Waals surface area contributed by atoms with Gasteiger partial charge in [0.2, 0.25) is 0 Å². The fraction of sp³-hybridized carbons (Fsp3) is 0.353. The van der Waals surface area contributed by atoms with E-state index in [1.807, 2.05) is 13.1 Å². The number of rotatable bonds is 4. The highest BCUT2D eigenvalue weighted by Crippen LogP contribution is 2.26. The first-order chi connectivity index (χ1) is 10.6. The van der Waals surface area contributed by atoms with Crippen molar-refractivity contribution in [3.05, 3.63) is 52.4 Å². The Morgan fingerprint density at radius 3 is 2.73 bits per heavy atom. The number of benzene rings is 1. The van der Waals surface area contributed by atoms with Crippen LogP contribution in [0.4, 0.5) is 5.69 Å². The van der Waals surface area contributed by atoms with E-state index in [9.17, 15) is 4.79 Å². The Balaban J connectivity index is 1.76. The van der Waals surface area contributed by atoms with Crippen molar-refractivity contribution in [3.63, 3.8) is 0 Å². The summed E-state index contributed by atoms with van der Waals surface area (Å²) in [5, 5.41) is 0. The zero-order valence-electron chi connectivity index (χ0n) is 12.6. The van der Waals surface area contributed by atoms with Crippen LogP contribution in [0.15, 0.2) is 45.7 Å². The molecule has 0 aliphatic carbocycles. The van der Waals surface area contributed by atoms with E-state index in [4.69, 9.17) is 4.42 Å². The second-order valence-corrected chi connectivity index (χ2v) is 6.41. The SMILES string of the molecule is CN(Cc1ccccc1N1CCCC1)C(=O)c1coc(Br)c1. The van der Waals surface area contributed by atoms with Gasteiger partial charge in [-0.05, 0) is 40.4 Å². The van der Waals surface area contributed by atoms with Gasteiger partial charge in [-0.1, -0.05) is 18.2 Å². The van der Waals surface area contributed by atoms with Crippen LogP contribution in [0, 0.1) is 0 Å². The smallest absolute Gasteiger partial charge is 0.257 e. The maximum absolute atomic E-state index is 12.4. The molecule has 116 valence electrons. The maximum Gasteiger partial charge on any atom is 0.257 e. The molecule has 1 aliphatic rings. The van der Waals surface area contributed by atoms with Gasteiger partial charge in [-0.3, -0.25) is 4.79 Å². The van der Waals surface area contributed by atoms with Gasteiger partial charge >= 0.3 is 0 Å². The lowest BCUT2D eigenvalue weighted by Crippen LogP contribution is -2.27. The van der Waals surface area contributed by atoms with Gasteiger partial charge in [0.1, 0.15) is 6.26 Å². The van der Waals surface area contributed by atoms with Gasteiger partial charge in [-0.2, -0.15) is 0 Å². The van der Waals surface area contributed by atoms with Crippen molar-refractivity contribution in [1.82, 2.24) is 4.90 Å². The average Bonchev–Trinajstić information content (AvgIpc) is 3.18. The first kappa shape index (κ1) is 15.2. The Morgan fingerprint density at radius 1 is 1.32 bits per heavy atom. The van der Waals surface area contributed by atoms with Gasteiger partial charge in [-0.15, -0.1) is 0 Å². The highest BCUT2D eigenvalue weighted by Gasteiger charge is 2.19. The van der Waals surface area contributed by atoms with Gasteiger partial charge in [0.15, 0.2) is 4.67 Å². The number of carbonyl (C=O) groups is 1. The molecule has 2 heterocycles. The molecule has 1 aromatic heterocycles. The summed E-state index contributed by atoms with van der Waals surface area (Å²) in [6.07, 6.45) is 3.97. The van der Waals surface area contributed by atoms with Crippen LogP contribution in [0.5, 0.6) is 0 Å². The molecule has 0 bridgehead atoms. The number of halogens is 1. The molecule has 0 N–H and O–H groups in total. The lowest BCUT2D eigenvalue weighted by molar-refractivity contribution is 0.0784.